The van der Waals surface area contributed by atoms with E-state index in [2.05, 4.69) is 36.3 Å². The summed E-state index contributed by atoms with van der Waals surface area (Å²) in [5.41, 5.74) is 2.58. The van der Waals surface area contributed by atoms with Gasteiger partial charge < -0.3 is 9.64 Å². The van der Waals surface area contributed by atoms with Gasteiger partial charge in [0.05, 0.1) is 23.9 Å². The number of halogens is 1. The number of nitrogens with zero attached hydrogens (tertiary/aromatic N) is 3. The van der Waals surface area contributed by atoms with Gasteiger partial charge in [0.25, 0.3) is 0 Å². The highest BCUT2D eigenvalue weighted by Crippen LogP contribution is 2.40. The summed E-state index contributed by atoms with van der Waals surface area (Å²) in [5, 5.41) is 4.26. The summed E-state index contributed by atoms with van der Waals surface area (Å²) in [6.45, 7) is 5.50. The molecule has 148 valence electrons. The van der Waals surface area contributed by atoms with Crippen LogP contribution in [0.3, 0.4) is 0 Å². The largest absolute Gasteiger partial charge is 0.374 e. The van der Waals surface area contributed by atoms with Crippen molar-refractivity contribution in [2.75, 3.05) is 13.1 Å². The molecule has 1 amide bonds. The van der Waals surface area contributed by atoms with Gasteiger partial charge in [-0.2, -0.15) is 9.78 Å². The third-order valence-corrected chi connectivity index (χ3v) is 6.02. The van der Waals surface area contributed by atoms with E-state index in [1.165, 1.54) is 28.9 Å². The van der Waals surface area contributed by atoms with Crippen LogP contribution in [-0.2, 0) is 11.3 Å². The second-order valence-corrected chi connectivity index (χ2v) is 8.33. The summed E-state index contributed by atoms with van der Waals surface area (Å²) in [6, 6.07) is 8.16. The predicted octanol–water partition coefficient (Wildman–Crippen LogP) is 3.94. The molecular formula is C21H24ClN3O3. The van der Waals surface area contributed by atoms with Crippen LogP contribution in [0, 0.1) is 18.8 Å². The minimum Gasteiger partial charge on any atom is -0.374 e. The Morgan fingerprint density at radius 2 is 1.96 bits per heavy atom. The molecule has 0 bridgehead atoms. The highest BCUT2D eigenvalue weighted by Gasteiger charge is 2.43. The van der Waals surface area contributed by atoms with Crippen molar-refractivity contribution in [1.82, 2.24) is 14.7 Å². The lowest BCUT2D eigenvalue weighted by Gasteiger charge is -2.19. The third-order valence-electron chi connectivity index (χ3n) is 5.75. The zero-order chi connectivity index (χ0) is 19.8. The number of rotatable bonds is 4. The topological polar surface area (TPSA) is 64.4 Å². The number of amides is 1. The van der Waals surface area contributed by atoms with Gasteiger partial charge in [0.1, 0.15) is 5.69 Å². The Kier molecular flexibility index (Phi) is 5.25. The molecule has 28 heavy (non-hydrogen) atoms. The molecular weight excluding hydrogens is 378 g/mol. The molecule has 3 atom stereocenters. The van der Waals surface area contributed by atoms with Gasteiger partial charge in [-0.25, -0.2) is 4.79 Å². The number of Topliss-reactive ketones (excluding diaryl/α,β-unsaturated/α-hetero) is 1. The average Bonchev–Trinajstić information content (AvgIpc) is 3.32. The lowest BCUT2D eigenvalue weighted by atomic mass is 10.0. The van der Waals surface area contributed by atoms with Crippen molar-refractivity contribution < 1.29 is 14.3 Å². The SMILES string of the molecule is CC(=O)c1nn(C(=O)N2C[C@H]3CC(OCc4cccc(C)c4)C[C@H]3C2)cc1Cl. The lowest BCUT2D eigenvalue weighted by molar-refractivity contribution is 0.0383. The first-order valence-corrected chi connectivity index (χ1v) is 10.0. The van der Waals surface area contributed by atoms with Crippen molar-refractivity contribution in [1.29, 1.82) is 0 Å². The molecule has 2 heterocycles. The van der Waals surface area contributed by atoms with Crippen molar-refractivity contribution in [3.05, 3.63) is 52.3 Å². The smallest absolute Gasteiger partial charge is 0.344 e. The summed E-state index contributed by atoms with van der Waals surface area (Å²) in [6.07, 6.45) is 3.61. The van der Waals surface area contributed by atoms with E-state index in [1.807, 2.05) is 0 Å². The molecule has 0 radical (unpaired) electrons. The molecule has 1 unspecified atom stereocenters. The van der Waals surface area contributed by atoms with Crippen molar-refractivity contribution >= 4 is 23.4 Å². The summed E-state index contributed by atoms with van der Waals surface area (Å²) in [7, 11) is 0. The number of likely N-dealkylation sites (tertiary alicyclic amines) is 1. The van der Waals surface area contributed by atoms with Crippen LogP contribution in [0.4, 0.5) is 4.79 Å². The van der Waals surface area contributed by atoms with Crippen molar-refractivity contribution in [3.8, 4) is 0 Å². The number of hydrogen-bond donors (Lipinski definition) is 0. The highest BCUT2D eigenvalue weighted by molar-refractivity contribution is 6.33. The first-order valence-electron chi connectivity index (χ1n) is 9.63. The second-order valence-electron chi connectivity index (χ2n) is 7.93. The number of fused-ring (bicyclic) bond motifs is 1. The van der Waals surface area contributed by atoms with Crippen LogP contribution in [-0.4, -0.2) is 45.7 Å². The van der Waals surface area contributed by atoms with E-state index in [1.54, 1.807) is 4.90 Å². The molecule has 2 fully saturated rings. The molecule has 6 nitrogen and oxygen atoms in total. The van der Waals surface area contributed by atoms with E-state index >= 15 is 0 Å². The Hall–Kier alpha value is -2.18. The first kappa shape index (κ1) is 19.2. The van der Waals surface area contributed by atoms with Crippen molar-refractivity contribution in [3.63, 3.8) is 0 Å². The third kappa shape index (κ3) is 3.84. The van der Waals surface area contributed by atoms with Gasteiger partial charge in [-0.05, 0) is 37.2 Å². The van der Waals surface area contributed by atoms with E-state index < -0.39 is 0 Å². The number of benzene rings is 1. The van der Waals surface area contributed by atoms with E-state index in [9.17, 15) is 9.59 Å². The fourth-order valence-corrected chi connectivity index (χ4v) is 4.65. The number of carbonyl (C=O) groups is 2. The lowest BCUT2D eigenvalue weighted by Crippen LogP contribution is -2.34. The highest BCUT2D eigenvalue weighted by atomic mass is 35.5. The molecule has 1 saturated carbocycles. The van der Waals surface area contributed by atoms with Crippen LogP contribution in [0.15, 0.2) is 30.5 Å². The Morgan fingerprint density at radius 3 is 2.57 bits per heavy atom. The monoisotopic (exact) mass is 401 g/mol. The van der Waals surface area contributed by atoms with Gasteiger partial charge in [-0.1, -0.05) is 41.4 Å². The minimum absolute atomic E-state index is 0.138. The van der Waals surface area contributed by atoms with Gasteiger partial charge in [-0.3, -0.25) is 4.79 Å². The molecule has 1 aromatic carbocycles. The number of carbonyl (C=O) groups excluding carboxylic acids is 2. The minimum atomic E-state index is -0.247. The maximum absolute atomic E-state index is 12.7. The Labute approximate surface area is 169 Å². The van der Waals surface area contributed by atoms with Gasteiger partial charge >= 0.3 is 6.03 Å². The molecule has 1 aliphatic heterocycles. The standard InChI is InChI=1S/C21H24ClN3O3/c1-13-4-3-5-15(6-13)12-28-18-7-16-9-24(10-17(16)8-18)21(27)25-11-19(22)20(23-25)14(2)26/h3-6,11,16-18H,7-10,12H2,1-2H3/t16-,17+,18?. The summed E-state index contributed by atoms with van der Waals surface area (Å²) < 4.78 is 7.32. The second kappa shape index (κ2) is 7.68. The zero-order valence-electron chi connectivity index (χ0n) is 16.1. The number of aryl methyl sites for hydroxylation is 1. The van der Waals surface area contributed by atoms with Gasteiger partial charge in [-0.15, -0.1) is 0 Å². The molecule has 7 heteroatoms. The quantitative estimate of drug-likeness (QED) is 0.728. The summed E-state index contributed by atoms with van der Waals surface area (Å²) in [5.74, 6) is 0.651. The number of hydrogen-bond acceptors (Lipinski definition) is 4. The summed E-state index contributed by atoms with van der Waals surface area (Å²) in [4.78, 5) is 26.0. The van der Waals surface area contributed by atoms with Gasteiger partial charge in [0.15, 0.2) is 5.78 Å². The molecule has 4 rings (SSSR count). The Balaban J connectivity index is 1.32. The van der Waals surface area contributed by atoms with E-state index in [-0.39, 0.29) is 28.6 Å². The maximum Gasteiger partial charge on any atom is 0.344 e. The van der Waals surface area contributed by atoms with Crippen molar-refractivity contribution in [2.45, 2.75) is 39.4 Å². The van der Waals surface area contributed by atoms with E-state index in [0.717, 1.165) is 12.8 Å². The van der Waals surface area contributed by atoms with Crippen LogP contribution in [0.5, 0.6) is 0 Å². The fourth-order valence-electron chi connectivity index (χ4n) is 4.39. The molecule has 0 N–H and O–H groups in total. The van der Waals surface area contributed by atoms with Gasteiger partial charge in [0, 0.05) is 20.0 Å². The molecule has 0 spiro atoms. The molecule has 1 aliphatic carbocycles. The molecule has 1 aromatic heterocycles. The number of ketones is 1. The number of ether oxygens (including phenoxy) is 1. The fraction of sp³-hybridized carbons (Fsp3) is 0.476. The van der Waals surface area contributed by atoms with Crippen LogP contribution < -0.4 is 0 Å². The van der Waals surface area contributed by atoms with Crippen LogP contribution in [0.1, 0.15) is 41.4 Å². The van der Waals surface area contributed by atoms with Gasteiger partial charge in [0.2, 0.25) is 0 Å². The normalized spacial score (nSPS) is 23.8. The van der Waals surface area contributed by atoms with E-state index in [4.69, 9.17) is 16.3 Å². The molecule has 2 aliphatic rings. The average molecular weight is 402 g/mol. The molecule has 1 saturated heterocycles. The Bertz CT molecular complexity index is 896. The van der Waals surface area contributed by atoms with Crippen LogP contribution >= 0.6 is 11.6 Å². The molecule has 2 aromatic rings. The number of aromatic nitrogens is 2. The van der Waals surface area contributed by atoms with Crippen molar-refractivity contribution in [2.24, 2.45) is 11.8 Å². The zero-order valence-corrected chi connectivity index (χ0v) is 16.9. The van der Waals surface area contributed by atoms with Crippen LogP contribution in [0.2, 0.25) is 5.02 Å². The predicted molar refractivity (Wildman–Crippen MR) is 106 cm³/mol. The van der Waals surface area contributed by atoms with Crippen LogP contribution in [0.25, 0.3) is 0 Å². The maximum atomic E-state index is 12.7. The van der Waals surface area contributed by atoms with E-state index in [0.29, 0.717) is 31.5 Å². The first-order chi connectivity index (χ1) is 13.4. The Morgan fingerprint density at radius 1 is 1.25 bits per heavy atom. The summed E-state index contributed by atoms with van der Waals surface area (Å²) >= 11 is 6.01.